The molecule has 31 heavy (non-hydrogen) atoms. The Bertz CT molecular complexity index is 1030. The molecule has 0 bridgehead atoms. The second-order valence-corrected chi connectivity index (χ2v) is 8.91. The minimum Gasteiger partial charge on any atom is -0.490 e. The summed E-state index contributed by atoms with van der Waals surface area (Å²) in [4.78, 5) is 26.8. The fourth-order valence-corrected chi connectivity index (χ4v) is 4.63. The van der Waals surface area contributed by atoms with E-state index in [1.807, 2.05) is 32.0 Å². The molecule has 0 spiro atoms. The van der Waals surface area contributed by atoms with Crippen LogP contribution >= 0.6 is 39.9 Å². The lowest BCUT2D eigenvalue weighted by atomic mass is 10.2. The molecule has 1 saturated heterocycles. The molecule has 0 aliphatic carbocycles. The largest absolute Gasteiger partial charge is 0.490 e. The molecule has 162 valence electrons. The number of carbonyl (C=O) groups is 2. The minimum atomic E-state index is -0.280. The van der Waals surface area contributed by atoms with Gasteiger partial charge in [0.05, 0.1) is 11.5 Å². The van der Waals surface area contributed by atoms with Crippen LogP contribution in [0.25, 0.3) is 6.08 Å². The Morgan fingerprint density at radius 1 is 1.19 bits per heavy atom. The summed E-state index contributed by atoms with van der Waals surface area (Å²) in [5.74, 6) is 0.517. The van der Waals surface area contributed by atoms with E-state index in [1.54, 1.807) is 35.2 Å². The zero-order chi connectivity index (χ0) is 22.4. The lowest BCUT2D eigenvalue weighted by Gasteiger charge is -2.14. The van der Waals surface area contributed by atoms with Crippen LogP contribution in [0.1, 0.15) is 19.4 Å². The first-order valence-corrected chi connectivity index (χ1v) is 11.6. The van der Waals surface area contributed by atoms with E-state index in [9.17, 15) is 9.59 Å². The van der Waals surface area contributed by atoms with Crippen molar-refractivity contribution in [2.24, 2.45) is 0 Å². The standard InChI is InChI=1S/C22H21BrN2O4S2/c1-3-25-21(27)19(31-22(25)30)11-14-10-17(28-4-2)18(12-16(14)23)29-13-20(26)24-15-8-6-5-7-9-15/h5-12H,3-4,13H2,1-2H3,(H,24,26)/b19-11-. The number of nitrogens with zero attached hydrogens (tertiary/aromatic N) is 1. The summed E-state index contributed by atoms with van der Waals surface area (Å²) in [5, 5.41) is 2.77. The first-order valence-electron chi connectivity index (χ1n) is 9.62. The molecule has 1 aliphatic rings. The van der Waals surface area contributed by atoms with Crippen LogP contribution in [0, 0.1) is 0 Å². The molecule has 1 aliphatic heterocycles. The summed E-state index contributed by atoms with van der Waals surface area (Å²) in [6.45, 7) is 4.53. The number of anilines is 1. The topological polar surface area (TPSA) is 67.9 Å². The summed E-state index contributed by atoms with van der Waals surface area (Å²) in [7, 11) is 0. The molecule has 6 nitrogen and oxygen atoms in total. The number of nitrogens with one attached hydrogen (secondary N) is 1. The first-order chi connectivity index (χ1) is 14.9. The van der Waals surface area contributed by atoms with Crippen molar-refractivity contribution in [3.63, 3.8) is 0 Å². The van der Waals surface area contributed by atoms with Gasteiger partial charge in [-0.1, -0.05) is 58.1 Å². The molecule has 2 aromatic rings. The number of ether oxygens (including phenoxy) is 2. The van der Waals surface area contributed by atoms with E-state index >= 15 is 0 Å². The monoisotopic (exact) mass is 520 g/mol. The molecular formula is C22H21BrN2O4S2. The van der Waals surface area contributed by atoms with Gasteiger partial charge in [-0.05, 0) is 49.8 Å². The molecule has 0 atom stereocenters. The summed E-state index contributed by atoms with van der Waals surface area (Å²) >= 11 is 10.1. The van der Waals surface area contributed by atoms with Gasteiger partial charge < -0.3 is 14.8 Å². The molecule has 1 fully saturated rings. The highest BCUT2D eigenvalue weighted by Gasteiger charge is 2.30. The van der Waals surface area contributed by atoms with Crippen molar-refractivity contribution in [1.82, 2.24) is 4.90 Å². The van der Waals surface area contributed by atoms with Crippen LogP contribution in [0.5, 0.6) is 11.5 Å². The fraction of sp³-hybridized carbons (Fsp3) is 0.227. The predicted octanol–water partition coefficient (Wildman–Crippen LogP) is 5.09. The van der Waals surface area contributed by atoms with Crippen molar-refractivity contribution in [2.45, 2.75) is 13.8 Å². The van der Waals surface area contributed by atoms with Gasteiger partial charge in [0.1, 0.15) is 4.32 Å². The highest BCUT2D eigenvalue weighted by atomic mass is 79.9. The second kappa shape index (κ2) is 10.8. The molecule has 1 N–H and O–H groups in total. The van der Waals surface area contributed by atoms with Gasteiger partial charge in [-0.15, -0.1) is 0 Å². The van der Waals surface area contributed by atoms with E-state index in [0.717, 1.165) is 5.56 Å². The molecule has 9 heteroatoms. The predicted molar refractivity (Wildman–Crippen MR) is 131 cm³/mol. The van der Waals surface area contributed by atoms with Crippen molar-refractivity contribution in [1.29, 1.82) is 0 Å². The van der Waals surface area contributed by atoms with E-state index < -0.39 is 0 Å². The maximum absolute atomic E-state index is 12.5. The zero-order valence-corrected chi connectivity index (χ0v) is 20.2. The van der Waals surface area contributed by atoms with Gasteiger partial charge in [0, 0.05) is 16.7 Å². The molecule has 0 radical (unpaired) electrons. The maximum Gasteiger partial charge on any atom is 0.266 e. The number of thiocarbonyl (C=S) groups is 1. The zero-order valence-electron chi connectivity index (χ0n) is 17.0. The normalized spacial score (nSPS) is 14.8. The van der Waals surface area contributed by atoms with E-state index in [4.69, 9.17) is 21.7 Å². The number of carbonyl (C=O) groups excluding carboxylic acids is 2. The van der Waals surface area contributed by atoms with Crippen molar-refractivity contribution in [2.75, 3.05) is 25.1 Å². The molecule has 0 saturated carbocycles. The van der Waals surface area contributed by atoms with Gasteiger partial charge in [0.15, 0.2) is 18.1 Å². The van der Waals surface area contributed by atoms with Gasteiger partial charge in [-0.3, -0.25) is 14.5 Å². The van der Waals surface area contributed by atoms with Crippen LogP contribution in [0.15, 0.2) is 51.8 Å². The summed E-state index contributed by atoms with van der Waals surface area (Å²) < 4.78 is 12.7. The fourth-order valence-electron chi connectivity index (χ4n) is 2.82. The average molecular weight is 521 g/mol. The number of thioether (sulfide) groups is 1. The van der Waals surface area contributed by atoms with Crippen LogP contribution in [0.2, 0.25) is 0 Å². The lowest BCUT2D eigenvalue weighted by molar-refractivity contribution is -0.122. The number of likely N-dealkylation sites (N-methyl/N-ethyl adjacent to an activating group) is 1. The summed E-state index contributed by atoms with van der Waals surface area (Å²) in [6.07, 6.45) is 1.77. The van der Waals surface area contributed by atoms with Crippen LogP contribution in [-0.2, 0) is 9.59 Å². The third kappa shape index (κ3) is 5.87. The minimum absolute atomic E-state index is 0.111. The number of amides is 2. The third-order valence-electron chi connectivity index (χ3n) is 4.26. The number of hydrogen-bond acceptors (Lipinski definition) is 6. The Balaban J connectivity index is 1.77. The average Bonchev–Trinajstić information content (AvgIpc) is 3.02. The third-order valence-corrected chi connectivity index (χ3v) is 6.32. The smallest absolute Gasteiger partial charge is 0.266 e. The number of benzene rings is 2. The highest BCUT2D eigenvalue weighted by Crippen LogP contribution is 2.38. The Morgan fingerprint density at radius 2 is 1.90 bits per heavy atom. The first kappa shape index (κ1) is 23.3. The van der Waals surface area contributed by atoms with Crippen molar-refractivity contribution < 1.29 is 19.1 Å². The van der Waals surface area contributed by atoms with Crippen molar-refractivity contribution >= 4 is 67.8 Å². The quantitative estimate of drug-likeness (QED) is 0.386. The molecule has 2 amide bonds. The van der Waals surface area contributed by atoms with E-state index in [-0.39, 0.29) is 18.4 Å². The van der Waals surface area contributed by atoms with Gasteiger partial charge >= 0.3 is 0 Å². The number of rotatable bonds is 8. The Morgan fingerprint density at radius 3 is 2.55 bits per heavy atom. The van der Waals surface area contributed by atoms with Crippen molar-refractivity contribution in [3.05, 3.63) is 57.4 Å². The Hall–Kier alpha value is -2.36. The summed E-state index contributed by atoms with van der Waals surface area (Å²) in [6, 6.07) is 12.7. The Labute approximate surface area is 199 Å². The molecule has 0 aromatic heterocycles. The molecule has 1 heterocycles. The Kier molecular flexibility index (Phi) is 8.11. The maximum atomic E-state index is 12.5. The number of hydrogen-bond donors (Lipinski definition) is 1. The number of para-hydroxylation sites is 1. The highest BCUT2D eigenvalue weighted by molar-refractivity contribution is 9.10. The van der Waals surface area contributed by atoms with Gasteiger partial charge in [0.2, 0.25) is 0 Å². The van der Waals surface area contributed by atoms with Crippen LogP contribution in [0.3, 0.4) is 0 Å². The molecule has 2 aromatic carbocycles. The number of halogens is 1. The lowest BCUT2D eigenvalue weighted by Crippen LogP contribution is -2.27. The second-order valence-electron chi connectivity index (χ2n) is 6.38. The van der Waals surface area contributed by atoms with Gasteiger partial charge in [0.25, 0.3) is 11.8 Å². The van der Waals surface area contributed by atoms with Gasteiger partial charge in [-0.25, -0.2) is 0 Å². The van der Waals surface area contributed by atoms with Crippen molar-refractivity contribution in [3.8, 4) is 11.5 Å². The van der Waals surface area contributed by atoms with E-state index in [0.29, 0.717) is 44.0 Å². The van der Waals surface area contributed by atoms with Crippen LogP contribution < -0.4 is 14.8 Å². The van der Waals surface area contributed by atoms with Gasteiger partial charge in [-0.2, -0.15) is 0 Å². The SMILES string of the molecule is CCOc1cc(/C=C2\SC(=S)N(CC)C2=O)c(Br)cc1OCC(=O)Nc1ccccc1. The molecule has 0 unspecified atom stereocenters. The summed E-state index contributed by atoms with van der Waals surface area (Å²) in [5.41, 5.74) is 1.45. The molecular weight excluding hydrogens is 500 g/mol. The van der Waals surface area contributed by atoms with Crippen LogP contribution in [-0.4, -0.2) is 40.8 Å². The van der Waals surface area contributed by atoms with E-state index in [2.05, 4.69) is 21.2 Å². The van der Waals surface area contributed by atoms with Crippen LogP contribution in [0.4, 0.5) is 5.69 Å². The molecule has 3 rings (SSSR count). The van der Waals surface area contributed by atoms with E-state index in [1.165, 1.54) is 11.8 Å².